The van der Waals surface area contributed by atoms with Crippen molar-refractivity contribution in [3.05, 3.63) is 131 Å². The summed E-state index contributed by atoms with van der Waals surface area (Å²) in [6.45, 7) is 0. The third-order valence-corrected chi connectivity index (χ3v) is 5.82. The van der Waals surface area contributed by atoms with Crippen LogP contribution in [0.5, 0.6) is 11.5 Å². The summed E-state index contributed by atoms with van der Waals surface area (Å²) in [5.74, 6) is -1.51. The molecule has 218 valence electrons. The van der Waals surface area contributed by atoms with Gasteiger partial charge in [-0.15, -0.1) is 0 Å². The van der Waals surface area contributed by atoms with Gasteiger partial charge in [0.1, 0.15) is 0 Å². The second-order valence-electron chi connectivity index (χ2n) is 8.89. The van der Waals surface area contributed by atoms with Crippen molar-refractivity contribution in [1.82, 2.24) is 5.43 Å². The molecule has 2 N–H and O–H groups in total. The Morgan fingerprint density at radius 2 is 1.49 bits per heavy atom. The third kappa shape index (κ3) is 8.64. The van der Waals surface area contributed by atoms with Crippen LogP contribution in [0.4, 0.5) is 18.9 Å². The molecule has 43 heavy (non-hydrogen) atoms. The van der Waals surface area contributed by atoms with Gasteiger partial charge in [0.05, 0.1) is 18.9 Å². The first-order valence-corrected chi connectivity index (χ1v) is 12.7. The molecule has 0 atom stereocenters. The highest BCUT2D eigenvalue weighted by Gasteiger charge is 2.30. The van der Waals surface area contributed by atoms with E-state index in [0.29, 0.717) is 5.56 Å². The summed E-state index contributed by atoms with van der Waals surface area (Å²) in [5.41, 5.74) is 2.93. The SMILES string of the molecule is COc1cc(C=NNC(=O)c2cccc(NC(=O)c3cccc(C(F)(F)F)c3)c2)ccc1OC(=O)/C=C/c1ccccc1. The molecule has 0 spiro atoms. The maximum Gasteiger partial charge on any atom is 0.416 e. The van der Waals surface area contributed by atoms with Gasteiger partial charge in [-0.3, -0.25) is 9.59 Å². The molecule has 0 aliphatic heterocycles. The number of benzene rings is 4. The smallest absolute Gasteiger partial charge is 0.416 e. The molecule has 0 aromatic heterocycles. The standard InChI is InChI=1S/C32H24F3N3O5/c1-42-28-17-22(13-15-27(28)43-29(39)16-14-21-7-3-2-4-8-21)20-36-38-31(41)24-10-6-12-26(19-24)37-30(40)23-9-5-11-25(18-23)32(33,34)35/h2-20H,1H3,(H,37,40)(H,38,41)/b16-14+,36-20?. The molecule has 4 aromatic rings. The van der Waals surface area contributed by atoms with Crippen LogP contribution in [-0.2, 0) is 11.0 Å². The van der Waals surface area contributed by atoms with Crippen LogP contribution in [0.2, 0.25) is 0 Å². The first kappa shape index (κ1) is 30.3. The Kier molecular flexibility index (Phi) is 9.69. The molecule has 0 unspecified atom stereocenters. The summed E-state index contributed by atoms with van der Waals surface area (Å²) in [6.07, 6.45) is -0.320. The molecule has 0 heterocycles. The molecule has 0 saturated carbocycles. The zero-order valence-electron chi connectivity index (χ0n) is 22.6. The van der Waals surface area contributed by atoms with Gasteiger partial charge >= 0.3 is 12.1 Å². The molecule has 0 aliphatic rings. The highest BCUT2D eigenvalue weighted by Crippen LogP contribution is 2.30. The van der Waals surface area contributed by atoms with Crippen molar-refractivity contribution in [2.45, 2.75) is 6.18 Å². The van der Waals surface area contributed by atoms with Crippen LogP contribution in [0.15, 0.2) is 108 Å². The quantitative estimate of drug-likeness (QED) is 0.0781. The van der Waals surface area contributed by atoms with E-state index < -0.39 is 29.5 Å². The number of methoxy groups -OCH3 is 1. The first-order valence-electron chi connectivity index (χ1n) is 12.7. The Bertz CT molecular complexity index is 1690. The topological polar surface area (TPSA) is 106 Å². The van der Waals surface area contributed by atoms with Crippen molar-refractivity contribution in [2.24, 2.45) is 5.10 Å². The summed E-state index contributed by atoms with van der Waals surface area (Å²) in [4.78, 5) is 37.3. The minimum atomic E-state index is -4.59. The number of carbonyl (C=O) groups excluding carboxylic acids is 3. The second kappa shape index (κ2) is 13.8. The Balaban J connectivity index is 1.35. The number of anilines is 1. The maximum absolute atomic E-state index is 13.0. The molecule has 0 saturated heterocycles. The number of nitrogens with one attached hydrogen (secondary N) is 2. The number of halogens is 3. The fraction of sp³-hybridized carbons (Fsp3) is 0.0625. The van der Waals surface area contributed by atoms with Gasteiger partial charge in [-0.25, -0.2) is 10.2 Å². The lowest BCUT2D eigenvalue weighted by Gasteiger charge is -2.10. The number of alkyl halides is 3. The number of esters is 1. The number of hydrogen-bond donors (Lipinski definition) is 2. The van der Waals surface area contributed by atoms with Gasteiger partial charge in [0.25, 0.3) is 11.8 Å². The average Bonchev–Trinajstić information content (AvgIpc) is 3.01. The van der Waals surface area contributed by atoms with Crippen molar-refractivity contribution < 1.29 is 37.0 Å². The Hall–Kier alpha value is -5.71. The van der Waals surface area contributed by atoms with Crippen LogP contribution in [0.25, 0.3) is 6.08 Å². The van der Waals surface area contributed by atoms with Crippen molar-refractivity contribution in [2.75, 3.05) is 12.4 Å². The fourth-order valence-corrected chi connectivity index (χ4v) is 3.73. The second-order valence-corrected chi connectivity index (χ2v) is 8.89. The largest absolute Gasteiger partial charge is 0.493 e. The van der Waals surface area contributed by atoms with Crippen LogP contribution in [0.3, 0.4) is 0 Å². The number of hydrazone groups is 1. The van der Waals surface area contributed by atoms with E-state index in [1.54, 1.807) is 18.2 Å². The van der Waals surface area contributed by atoms with E-state index in [2.05, 4.69) is 15.8 Å². The molecule has 4 rings (SSSR count). The molecular weight excluding hydrogens is 563 g/mol. The van der Waals surface area contributed by atoms with Gasteiger partial charge in [0, 0.05) is 22.9 Å². The fourth-order valence-electron chi connectivity index (χ4n) is 3.73. The number of amides is 2. The number of hydrogen-bond acceptors (Lipinski definition) is 6. The number of nitrogens with zero attached hydrogens (tertiary/aromatic N) is 1. The summed E-state index contributed by atoms with van der Waals surface area (Å²) < 4.78 is 49.6. The number of ether oxygens (including phenoxy) is 2. The Morgan fingerprint density at radius 3 is 2.21 bits per heavy atom. The van der Waals surface area contributed by atoms with Crippen molar-refractivity contribution in [1.29, 1.82) is 0 Å². The third-order valence-electron chi connectivity index (χ3n) is 5.82. The van der Waals surface area contributed by atoms with Crippen LogP contribution >= 0.6 is 0 Å². The zero-order chi connectivity index (χ0) is 30.8. The van der Waals surface area contributed by atoms with Crippen molar-refractivity contribution >= 4 is 35.8 Å². The minimum Gasteiger partial charge on any atom is -0.493 e. The van der Waals surface area contributed by atoms with Gasteiger partial charge in [-0.1, -0.05) is 42.5 Å². The summed E-state index contributed by atoms with van der Waals surface area (Å²) in [6, 6.07) is 23.8. The first-order chi connectivity index (χ1) is 20.6. The highest BCUT2D eigenvalue weighted by atomic mass is 19.4. The van der Waals surface area contributed by atoms with E-state index in [1.807, 2.05) is 30.3 Å². The summed E-state index contributed by atoms with van der Waals surface area (Å²) in [7, 11) is 1.41. The zero-order valence-corrected chi connectivity index (χ0v) is 22.6. The Morgan fingerprint density at radius 1 is 0.767 bits per heavy atom. The minimum absolute atomic E-state index is 0.141. The van der Waals surface area contributed by atoms with E-state index >= 15 is 0 Å². The van der Waals surface area contributed by atoms with E-state index in [1.165, 1.54) is 55.8 Å². The molecule has 8 nitrogen and oxygen atoms in total. The molecule has 4 aromatic carbocycles. The van der Waals surface area contributed by atoms with Gasteiger partial charge in [0.15, 0.2) is 11.5 Å². The van der Waals surface area contributed by atoms with E-state index in [0.717, 1.165) is 23.8 Å². The van der Waals surface area contributed by atoms with Crippen LogP contribution in [0, 0.1) is 0 Å². The normalized spacial score (nSPS) is 11.3. The molecule has 0 bridgehead atoms. The lowest BCUT2D eigenvalue weighted by molar-refractivity contribution is -0.137. The molecule has 2 amide bonds. The van der Waals surface area contributed by atoms with Gasteiger partial charge < -0.3 is 14.8 Å². The highest BCUT2D eigenvalue weighted by molar-refractivity contribution is 6.05. The van der Waals surface area contributed by atoms with E-state index in [9.17, 15) is 27.6 Å². The van der Waals surface area contributed by atoms with Crippen molar-refractivity contribution in [3.63, 3.8) is 0 Å². The number of rotatable bonds is 9. The van der Waals surface area contributed by atoms with Gasteiger partial charge in [-0.05, 0) is 71.8 Å². The van der Waals surface area contributed by atoms with Crippen LogP contribution in [-0.4, -0.2) is 31.1 Å². The summed E-state index contributed by atoms with van der Waals surface area (Å²) >= 11 is 0. The lowest BCUT2D eigenvalue weighted by atomic mass is 10.1. The predicted octanol–water partition coefficient (Wildman–Crippen LogP) is 6.35. The van der Waals surface area contributed by atoms with Crippen LogP contribution in [0.1, 0.15) is 37.4 Å². The van der Waals surface area contributed by atoms with E-state index in [4.69, 9.17) is 9.47 Å². The summed E-state index contributed by atoms with van der Waals surface area (Å²) in [5, 5.41) is 6.41. The Labute approximate surface area is 244 Å². The van der Waals surface area contributed by atoms with Crippen LogP contribution < -0.4 is 20.2 Å². The molecule has 0 aliphatic carbocycles. The van der Waals surface area contributed by atoms with Gasteiger partial charge in [-0.2, -0.15) is 18.3 Å². The lowest BCUT2D eigenvalue weighted by Crippen LogP contribution is -2.18. The number of carbonyl (C=O) groups is 3. The molecule has 11 heteroatoms. The predicted molar refractivity (Wildman–Crippen MR) is 155 cm³/mol. The molecule has 0 fully saturated rings. The monoisotopic (exact) mass is 587 g/mol. The van der Waals surface area contributed by atoms with Gasteiger partial charge in [0.2, 0.25) is 0 Å². The molecular formula is C32H24F3N3O5. The average molecular weight is 588 g/mol. The van der Waals surface area contributed by atoms with E-state index in [-0.39, 0.29) is 28.3 Å². The maximum atomic E-state index is 13.0. The molecule has 0 radical (unpaired) electrons. The van der Waals surface area contributed by atoms with Crippen molar-refractivity contribution in [3.8, 4) is 11.5 Å².